The summed E-state index contributed by atoms with van der Waals surface area (Å²) >= 11 is 5.64. The molecule has 0 unspecified atom stereocenters. The zero-order valence-corrected chi connectivity index (χ0v) is 20.0. The van der Waals surface area contributed by atoms with Crippen LogP contribution in [0.25, 0.3) is 5.82 Å². The van der Waals surface area contributed by atoms with Gasteiger partial charge < -0.3 is 9.88 Å². The third-order valence-corrected chi connectivity index (χ3v) is 6.02. The van der Waals surface area contributed by atoms with Crippen molar-refractivity contribution in [2.45, 2.75) is 72.8 Å². The molecule has 2 aromatic heterocycles. The fourth-order valence-corrected chi connectivity index (χ4v) is 4.36. The average molecular weight is 469 g/mol. The largest absolute Gasteiger partial charge is 0.360 e. The predicted octanol–water partition coefficient (Wildman–Crippen LogP) is 7.20. The SMILES string of the molecule is C.CC(=O)[C@@H](CC1CCCCC1)Nc1cc(-n2cccc2)nc(C)n1.Cc1cccc(Cl)c1. The Bertz CT molecular complexity index is 980. The summed E-state index contributed by atoms with van der Waals surface area (Å²) in [6, 6.07) is 13.4. The monoisotopic (exact) mass is 468 g/mol. The van der Waals surface area contributed by atoms with Gasteiger partial charge in [-0.25, -0.2) is 9.97 Å². The number of Topliss-reactive ketones (excluding diaryl/α,β-unsaturated/α-hetero) is 1. The molecule has 1 aliphatic carbocycles. The van der Waals surface area contributed by atoms with E-state index in [0.717, 1.165) is 23.1 Å². The Kier molecular flexibility index (Phi) is 10.6. The van der Waals surface area contributed by atoms with E-state index in [-0.39, 0.29) is 19.3 Å². The molecule has 0 spiro atoms. The van der Waals surface area contributed by atoms with Crippen LogP contribution in [0.3, 0.4) is 0 Å². The Labute approximate surface area is 203 Å². The smallest absolute Gasteiger partial charge is 0.152 e. The molecule has 33 heavy (non-hydrogen) atoms. The van der Waals surface area contributed by atoms with E-state index in [1.165, 1.54) is 37.7 Å². The minimum atomic E-state index is -0.167. The Morgan fingerprint density at radius 1 is 1.09 bits per heavy atom. The van der Waals surface area contributed by atoms with Gasteiger partial charge in [0.05, 0.1) is 6.04 Å². The highest BCUT2D eigenvalue weighted by atomic mass is 35.5. The maximum absolute atomic E-state index is 12.1. The maximum Gasteiger partial charge on any atom is 0.152 e. The normalized spacial score (nSPS) is 14.4. The molecular formula is C27H37ClN4O. The molecule has 178 valence electrons. The summed E-state index contributed by atoms with van der Waals surface area (Å²) in [5.41, 5.74) is 1.21. The van der Waals surface area contributed by atoms with E-state index in [9.17, 15) is 4.79 Å². The van der Waals surface area contributed by atoms with Gasteiger partial charge in [-0.1, -0.05) is 63.3 Å². The zero-order valence-electron chi connectivity index (χ0n) is 19.2. The van der Waals surface area contributed by atoms with Crippen LogP contribution in [0.2, 0.25) is 5.02 Å². The standard InChI is InChI=1S/C19H26N4O.C7H7Cl.CH4/c1-14(24)17(12-16-8-4-3-5-9-16)22-18-13-19(21-15(2)20-18)23-10-6-7-11-23;1-6-3-2-4-7(8)5-6;/h6-7,10-11,13,16-17H,3-5,8-9,12H2,1-2H3,(H,20,21,22);2-5H,1H3;1H4/t17-;;/m1../s1. The first-order chi connectivity index (χ1) is 15.4. The van der Waals surface area contributed by atoms with Crippen LogP contribution in [0.4, 0.5) is 5.82 Å². The van der Waals surface area contributed by atoms with E-state index in [1.807, 2.05) is 73.3 Å². The molecular weight excluding hydrogens is 432 g/mol. The number of anilines is 1. The molecule has 1 fully saturated rings. The first kappa shape index (κ1) is 26.6. The van der Waals surface area contributed by atoms with Crippen molar-refractivity contribution in [3.8, 4) is 5.82 Å². The Morgan fingerprint density at radius 2 is 1.79 bits per heavy atom. The Hall–Kier alpha value is -2.66. The molecule has 0 bridgehead atoms. The first-order valence-corrected chi connectivity index (χ1v) is 11.8. The molecule has 5 nitrogen and oxygen atoms in total. The van der Waals surface area contributed by atoms with Crippen LogP contribution in [-0.2, 0) is 4.79 Å². The van der Waals surface area contributed by atoms with Gasteiger partial charge in [-0.05, 0) is 62.9 Å². The molecule has 1 N–H and O–H groups in total. The molecule has 4 rings (SSSR count). The van der Waals surface area contributed by atoms with Gasteiger partial charge in [0, 0.05) is 23.5 Å². The number of hydrogen-bond acceptors (Lipinski definition) is 4. The molecule has 0 aliphatic heterocycles. The summed E-state index contributed by atoms with van der Waals surface area (Å²) in [6.45, 7) is 5.56. The fourth-order valence-electron chi connectivity index (χ4n) is 4.11. The van der Waals surface area contributed by atoms with E-state index in [1.54, 1.807) is 6.92 Å². The fraction of sp³-hybridized carbons (Fsp3) is 0.444. The van der Waals surface area contributed by atoms with Crippen LogP contribution in [-0.4, -0.2) is 26.4 Å². The van der Waals surface area contributed by atoms with E-state index in [2.05, 4.69) is 15.3 Å². The maximum atomic E-state index is 12.1. The van der Waals surface area contributed by atoms with Gasteiger partial charge in [-0.15, -0.1) is 0 Å². The summed E-state index contributed by atoms with van der Waals surface area (Å²) in [7, 11) is 0. The van der Waals surface area contributed by atoms with E-state index in [4.69, 9.17) is 11.6 Å². The van der Waals surface area contributed by atoms with Crippen LogP contribution >= 0.6 is 11.6 Å². The van der Waals surface area contributed by atoms with Gasteiger partial charge in [0.1, 0.15) is 17.5 Å². The molecule has 6 heteroatoms. The van der Waals surface area contributed by atoms with Crippen molar-refractivity contribution in [2.24, 2.45) is 5.92 Å². The molecule has 1 atom stereocenters. The van der Waals surface area contributed by atoms with Gasteiger partial charge >= 0.3 is 0 Å². The lowest BCUT2D eigenvalue weighted by Gasteiger charge is -2.26. The third-order valence-electron chi connectivity index (χ3n) is 5.78. The molecule has 1 aliphatic rings. The minimum absolute atomic E-state index is 0. The van der Waals surface area contributed by atoms with Crippen molar-refractivity contribution in [3.05, 3.63) is 71.3 Å². The van der Waals surface area contributed by atoms with Crippen LogP contribution in [0.5, 0.6) is 0 Å². The van der Waals surface area contributed by atoms with Crippen LogP contribution in [0.1, 0.15) is 64.3 Å². The molecule has 1 saturated carbocycles. The highest BCUT2D eigenvalue weighted by molar-refractivity contribution is 6.30. The summed E-state index contributed by atoms with van der Waals surface area (Å²) < 4.78 is 1.95. The van der Waals surface area contributed by atoms with Crippen molar-refractivity contribution in [1.29, 1.82) is 0 Å². The summed E-state index contributed by atoms with van der Waals surface area (Å²) in [5.74, 6) is 3.06. The van der Waals surface area contributed by atoms with Gasteiger partial charge in [0.25, 0.3) is 0 Å². The number of hydrogen-bond donors (Lipinski definition) is 1. The lowest BCUT2D eigenvalue weighted by Crippen LogP contribution is -2.31. The number of nitrogens with one attached hydrogen (secondary N) is 1. The Balaban J connectivity index is 0.000000364. The lowest BCUT2D eigenvalue weighted by atomic mass is 9.84. The molecule has 3 aromatic rings. The first-order valence-electron chi connectivity index (χ1n) is 11.4. The molecule has 0 amide bonds. The number of carbonyl (C=O) groups is 1. The summed E-state index contributed by atoms with van der Waals surface area (Å²) in [5, 5.41) is 4.17. The van der Waals surface area contributed by atoms with Gasteiger partial charge in [0.2, 0.25) is 0 Å². The van der Waals surface area contributed by atoms with Gasteiger partial charge in [-0.3, -0.25) is 4.79 Å². The zero-order chi connectivity index (χ0) is 22.9. The van der Waals surface area contributed by atoms with Gasteiger partial charge in [-0.2, -0.15) is 0 Å². The molecule has 0 saturated heterocycles. The average Bonchev–Trinajstić information content (AvgIpc) is 3.29. The van der Waals surface area contributed by atoms with Crippen molar-refractivity contribution in [3.63, 3.8) is 0 Å². The van der Waals surface area contributed by atoms with Crippen LogP contribution in [0, 0.1) is 19.8 Å². The van der Waals surface area contributed by atoms with Crippen molar-refractivity contribution >= 4 is 23.2 Å². The van der Waals surface area contributed by atoms with Crippen molar-refractivity contribution in [2.75, 3.05) is 5.32 Å². The quantitative estimate of drug-likeness (QED) is 0.415. The number of halogens is 1. The second kappa shape index (κ2) is 13.1. The summed E-state index contributed by atoms with van der Waals surface area (Å²) in [4.78, 5) is 21.1. The number of aromatic nitrogens is 3. The van der Waals surface area contributed by atoms with Gasteiger partial charge in [0.15, 0.2) is 5.78 Å². The Morgan fingerprint density at radius 3 is 2.36 bits per heavy atom. The van der Waals surface area contributed by atoms with E-state index in [0.29, 0.717) is 11.7 Å². The number of aryl methyl sites for hydroxylation is 2. The number of carbonyl (C=O) groups excluding carboxylic acids is 1. The van der Waals surface area contributed by atoms with Crippen molar-refractivity contribution < 1.29 is 4.79 Å². The molecule has 2 heterocycles. The summed E-state index contributed by atoms with van der Waals surface area (Å²) in [6.07, 6.45) is 11.2. The van der Waals surface area contributed by atoms with E-state index >= 15 is 0 Å². The van der Waals surface area contributed by atoms with E-state index < -0.39 is 0 Å². The van der Waals surface area contributed by atoms with Crippen molar-refractivity contribution in [1.82, 2.24) is 14.5 Å². The highest BCUT2D eigenvalue weighted by Gasteiger charge is 2.22. The lowest BCUT2D eigenvalue weighted by molar-refractivity contribution is -0.118. The second-order valence-corrected chi connectivity index (χ2v) is 9.03. The highest BCUT2D eigenvalue weighted by Crippen LogP contribution is 2.28. The number of rotatable bonds is 6. The van der Waals surface area contributed by atoms with Crippen LogP contribution in [0.15, 0.2) is 54.9 Å². The predicted molar refractivity (Wildman–Crippen MR) is 138 cm³/mol. The minimum Gasteiger partial charge on any atom is -0.360 e. The molecule has 1 aromatic carbocycles. The number of ketones is 1. The molecule has 0 radical (unpaired) electrons. The number of benzene rings is 1. The third kappa shape index (κ3) is 8.65. The van der Waals surface area contributed by atoms with Crippen LogP contribution < -0.4 is 5.32 Å². The topological polar surface area (TPSA) is 59.8 Å². The number of nitrogens with zero attached hydrogens (tertiary/aromatic N) is 3. The second-order valence-electron chi connectivity index (χ2n) is 8.60.